The number of aromatic nitrogens is 2. The van der Waals surface area contributed by atoms with Gasteiger partial charge < -0.3 is 5.73 Å². The monoisotopic (exact) mass is 247 g/mol. The lowest BCUT2D eigenvalue weighted by Crippen LogP contribution is -1.89. The van der Waals surface area contributed by atoms with E-state index in [0.29, 0.717) is 0 Å². The Hall–Kier alpha value is -1.42. The third kappa shape index (κ3) is 3.03. The van der Waals surface area contributed by atoms with Gasteiger partial charge in [0.25, 0.3) is 0 Å². The highest BCUT2D eigenvalue weighted by Crippen LogP contribution is 2.26. The van der Waals surface area contributed by atoms with Crippen molar-refractivity contribution < 1.29 is 0 Å². The number of hydrogen-bond donors (Lipinski definition) is 1. The van der Waals surface area contributed by atoms with Gasteiger partial charge in [-0.1, -0.05) is 41.1 Å². The number of nitrogens with two attached hydrogens (primary N) is 1. The highest BCUT2D eigenvalue weighted by Gasteiger charge is 2.05. The van der Waals surface area contributed by atoms with E-state index in [1.165, 1.54) is 16.7 Å². The van der Waals surface area contributed by atoms with Crippen LogP contribution in [-0.4, -0.2) is 9.78 Å². The predicted octanol–water partition coefficient (Wildman–Crippen LogP) is 2.91. The largest absolute Gasteiger partial charge is 0.395 e. The fourth-order valence-corrected chi connectivity index (χ4v) is 2.78. The van der Waals surface area contributed by atoms with Crippen LogP contribution in [0.25, 0.3) is 0 Å². The van der Waals surface area contributed by atoms with E-state index in [9.17, 15) is 0 Å². The van der Waals surface area contributed by atoms with Gasteiger partial charge in [-0.05, 0) is 19.4 Å². The van der Waals surface area contributed by atoms with Crippen molar-refractivity contribution in [2.45, 2.75) is 24.6 Å². The molecule has 0 aliphatic heterocycles. The molecule has 2 rings (SSSR count). The molecule has 3 nitrogen and oxygen atoms in total. The molecule has 0 amide bonds. The lowest BCUT2D eigenvalue weighted by Gasteiger charge is -2.04. The molecule has 1 heterocycles. The zero-order valence-corrected chi connectivity index (χ0v) is 11.2. The van der Waals surface area contributed by atoms with Gasteiger partial charge in [0.2, 0.25) is 0 Å². The summed E-state index contributed by atoms with van der Waals surface area (Å²) in [5.74, 6) is 0.906. The van der Waals surface area contributed by atoms with Crippen molar-refractivity contribution in [1.29, 1.82) is 0 Å². The Kier molecular flexibility index (Phi) is 3.43. The molecule has 0 aliphatic rings. The first-order valence-corrected chi connectivity index (χ1v) is 6.52. The highest BCUT2D eigenvalue weighted by molar-refractivity contribution is 7.98. The maximum absolute atomic E-state index is 5.86. The molecule has 0 radical (unpaired) electrons. The summed E-state index contributed by atoms with van der Waals surface area (Å²) in [7, 11) is 1.89. The van der Waals surface area contributed by atoms with E-state index in [-0.39, 0.29) is 0 Å². The van der Waals surface area contributed by atoms with Crippen LogP contribution in [0.2, 0.25) is 0 Å². The molecule has 90 valence electrons. The smallest absolute Gasteiger partial charge is 0.141 e. The Labute approximate surface area is 106 Å². The Balaban J connectivity index is 2.09. The summed E-state index contributed by atoms with van der Waals surface area (Å²) in [5.41, 5.74) is 10.5. The number of rotatable bonds is 3. The van der Waals surface area contributed by atoms with Crippen LogP contribution in [0.15, 0.2) is 29.4 Å². The molecule has 0 aliphatic carbocycles. The molecule has 2 aromatic rings. The molecule has 0 bridgehead atoms. The third-order valence-corrected chi connectivity index (χ3v) is 3.55. The summed E-state index contributed by atoms with van der Waals surface area (Å²) in [6.45, 7) is 4.24. The van der Waals surface area contributed by atoms with E-state index >= 15 is 0 Å². The molecule has 0 unspecified atom stereocenters. The first-order chi connectivity index (χ1) is 8.04. The zero-order chi connectivity index (χ0) is 12.4. The lowest BCUT2D eigenvalue weighted by molar-refractivity contribution is 0.738. The van der Waals surface area contributed by atoms with Gasteiger partial charge in [0.15, 0.2) is 0 Å². The van der Waals surface area contributed by atoms with Crippen LogP contribution in [0, 0.1) is 13.8 Å². The van der Waals surface area contributed by atoms with Crippen molar-refractivity contribution in [1.82, 2.24) is 9.78 Å². The molecule has 2 N–H and O–H groups in total. The maximum atomic E-state index is 5.86. The summed E-state index contributed by atoms with van der Waals surface area (Å²) in [4.78, 5) is 0. The van der Waals surface area contributed by atoms with Gasteiger partial charge in [-0.15, -0.1) is 0 Å². The summed E-state index contributed by atoms with van der Waals surface area (Å²) in [5, 5.41) is 5.23. The average Bonchev–Trinajstić information content (AvgIpc) is 2.53. The van der Waals surface area contributed by atoms with Crippen molar-refractivity contribution in [2.75, 3.05) is 5.73 Å². The fourth-order valence-electron chi connectivity index (χ4n) is 1.90. The second-order valence-corrected chi connectivity index (χ2v) is 5.31. The molecule has 1 aromatic carbocycles. The van der Waals surface area contributed by atoms with Gasteiger partial charge in [-0.25, -0.2) is 0 Å². The van der Waals surface area contributed by atoms with Gasteiger partial charge in [-0.3, -0.25) is 4.68 Å². The number of nitrogen functional groups attached to an aromatic ring is 1. The van der Waals surface area contributed by atoms with Crippen molar-refractivity contribution in [3.8, 4) is 0 Å². The fraction of sp³-hybridized carbons (Fsp3) is 0.308. The summed E-state index contributed by atoms with van der Waals surface area (Å²) >= 11 is 1.68. The Morgan fingerprint density at radius 1 is 1.24 bits per heavy atom. The predicted molar refractivity (Wildman–Crippen MR) is 73.1 cm³/mol. The number of nitrogens with zero attached hydrogens (tertiary/aromatic N) is 2. The Morgan fingerprint density at radius 3 is 2.41 bits per heavy atom. The molecular formula is C13H17N3S. The van der Waals surface area contributed by atoms with Crippen molar-refractivity contribution >= 4 is 17.4 Å². The SMILES string of the molecule is Cc1cc(C)cc(CSc2nn(C)cc2N)c1. The number of hydrogen-bond acceptors (Lipinski definition) is 3. The van der Waals surface area contributed by atoms with Gasteiger partial charge in [-0.2, -0.15) is 5.10 Å². The summed E-state index contributed by atoms with van der Waals surface area (Å²) in [6.07, 6.45) is 1.84. The van der Waals surface area contributed by atoms with Gasteiger partial charge in [0.05, 0.1) is 5.69 Å². The first-order valence-electron chi connectivity index (χ1n) is 5.53. The second kappa shape index (κ2) is 4.84. The van der Waals surface area contributed by atoms with Crippen LogP contribution in [0.4, 0.5) is 5.69 Å². The topological polar surface area (TPSA) is 43.8 Å². The van der Waals surface area contributed by atoms with Gasteiger partial charge >= 0.3 is 0 Å². The lowest BCUT2D eigenvalue weighted by atomic mass is 10.1. The van der Waals surface area contributed by atoms with E-state index in [1.54, 1.807) is 16.4 Å². The minimum Gasteiger partial charge on any atom is -0.395 e. The van der Waals surface area contributed by atoms with Gasteiger partial charge in [0, 0.05) is 19.0 Å². The number of anilines is 1. The normalized spacial score (nSPS) is 10.8. The molecule has 0 saturated heterocycles. The Bertz CT molecular complexity index is 511. The van der Waals surface area contributed by atoms with Crippen molar-refractivity contribution in [3.05, 3.63) is 41.1 Å². The van der Waals surface area contributed by atoms with Gasteiger partial charge in [0.1, 0.15) is 5.03 Å². The van der Waals surface area contributed by atoms with E-state index < -0.39 is 0 Å². The highest BCUT2D eigenvalue weighted by atomic mass is 32.2. The van der Waals surface area contributed by atoms with Crippen LogP contribution in [0.5, 0.6) is 0 Å². The standard InChI is InChI=1S/C13H17N3S/c1-9-4-10(2)6-11(5-9)8-17-13-12(14)7-16(3)15-13/h4-7H,8,14H2,1-3H3. The minimum absolute atomic E-state index is 0.752. The molecule has 17 heavy (non-hydrogen) atoms. The molecule has 4 heteroatoms. The molecule has 0 spiro atoms. The van der Waals surface area contributed by atoms with Crippen LogP contribution < -0.4 is 5.73 Å². The minimum atomic E-state index is 0.752. The first kappa shape index (κ1) is 12.0. The maximum Gasteiger partial charge on any atom is 0.141 e. The third-order valence-electron chi connectivity index (χ3n) is 2.48. The molecular weight excluding hydrogens is 230 g/mol. The molecule has 0 fully saturated rings. The van der Waals surface area contributed by atoms with Crippen LogP contribution in [0.1, 0.15) is 16.7 Å². The summed E-state index contributed by atoms with van der Waals surface area (Å²) in [6, 6.07) is 6.60. The second-order valence-electron chi connectivity index (χ2n) is 4.35. The van der Waals surface area contributed by atoms with E-state index in [0.717, 1.165) is 16.5 Å². The zero-order valence-electron chi connectivity index (χ0n) is 10.4. The number of benzene rings is 1. The van der Waals surface area contributed by atoms with E-state index in [4.69, 9.17) is 5.73 Å². The molecule has 1 aromatic heterocycles. The Morgan fingerprint density at radius 2 is 1.88 bits per heavy atom. The van der Waals surface area contributed by atoms with E-state index in [1.807, 2.05) is 13.2 Å². The van der Waals surface area contributed by atoms with Crippen LogP contribution in [-0.2, 0) is 12.8 Å². The molecule has 0 saturated carbocycles. The number of aryl methyl sites for hydroxylation is 3. The van der Waals surface area contributed by atoms with E-state index in [2.05, 4.69) is 37.1 Å². The summed E-state index contributed by atoms with van der Waals surface area (Å²) < 4.78 is 1.75. The average molecular weight is 247 g/mol. The quantitative estimate of drug-likeness (QED) is 0.848. The van der Waals surface area contributed by atoms with Crippen LogP contribution in [0.3, 0.4) is 0 Å². The van der Waals surface area contributed by atoms with Crippen molar-refractivity contribution in [2.24, 2.45) is 7.05 Å². The van der Waals surface area contributed by atoms with Crippen molar-refractivity contribution in [3.63, 3.8) is 0 Å². The van der Waals surface area contributed by atoms with Crippen LogP contribution >= 0.6 is 11.8 Å². The molecule has 0 atom stereocenters. The number of thioether (sulfide) groups is 1.